The van der Waals surface area contributed by atoms with Gasteiger partial charge in [-0.3, -0.25) is 0 Å². The molecule has 0 aliphatic heterocycles. The fraction of sp³-hybridized carbons (Fsp3) is 0.583. The van der Waals surface area contributed by atoms with Crippen molar-refractivity contribution in [1.82, 2.24) is 0 Å². The van der Waals surface area contributed by atoms with E-state index in [1.54, 1.807) is 3.88 Å². The Morgan fingerprint density at radius 1 is 0.897 bits per heavy atom. The Morgan fingerprint density at radius 2 is 1.38 bits per heavy atom. The van der Waals surface area contributed by atoms with Gasteiger partial charge in [0.2, 0.25) is 0 Å². The molecule has 1 aliphatic carbocycles. The van der Waals surface area contributed by atoms with E-state index >= 15 is 0 Å². The molecule has 0 bridgehead atoms. The van der Waals surface area contributed by atoms with E-state index in [0.717, 1.165) is 20.0 Å². The maximum absolute atomic E-state index is 7.00. The molecule has 2 N–H and O–H groups in total. The monoisotopic (exact) mass is 456 g/mol. The summed E-state index contributed by atoms with van der Waals surface area (Å²) in [5.41, 5.74) is 7.23. The van der Waals surface area contributed by atoms with E-state index in [1.165, 1.54) is 27.8 Å². The molecule has 3 nitrogen and oxygen atoms in total. The minimum atomic E-state index is -3.25. The van der Waals surface area contributed by atoms with Crippen molar-refractivity contribution >= 4 is 7.63 Å². The summed E-state index contributed by atoms with van der Waals surface area (Å²) in [5, 5.41) is 18.9. The van der Waals surface area contributed by atoms with Gasteiger partial charge in [-0.05, 0) is 0 Å². The zero-order valence-corrected chi connectivity index (χ0v) is 23.8. The molecule has 1 aliphatic rings. The molecular formula is C24H44O3SiTi. The molecule has 0 saturated heterocycles. The first-order valence-electron chi connectivity index (χ1n) is 10.3. The number of aliphatic hydroxyl groups excluding tert-OH is 2. The number of aryl methyl sites for hydroxylation is 1. The Labute approximate surface area is 182 Å². The largest absolute Gasteiger partial charge is 0.400 e. The van der Waals surface area contributed by atoms with Crippen molar-refractivity contribution in [1.29, 1.82) is 0 Å². The van der Waals surface area contributed by atoms with Gasteiger partial charge in [-0.2, -0.15) is 0 Å². The quantitative estimate of drug-likeness (QED) is 0.599. The third-order valence-electron chi connectivity index (χ3n) is 5.84. The average Bonchev–Trinajstić information content (AvgIpc) is 2.80. The van der Waals surface area contributed by atoms with Gasteiger partial charge in [0, 0.05) is 14.2 Å². The summed E-state index contributed by atoms with van der Waals surface area (Å²) < 4.78 is 8.55. The Balaban J connectivity index is 0.00000184. The van der Waals surface area contributed by atoms with Crippen LogP contribution in [0, 0.1) is 12.8 Å². The third-order valence-corrected chi connectivity index (χ3v) is 13.3. The summed E-state index contributed by atoms with van der Waals surface area (Å²) in [5.74, 6) is 1.56. The number of hydrogen-bond donors (Lipinski definition) is 2. The van der Waals surface area contributed by atoms with Crippen molar-refractivity contribution < 1.29 is 28.0 Å². The standard InChI is InChI=1S/C11H16O.C9H13.2CH4O.2CH3.H2Si.Ti/c1-8-5-9(11(2,3)4)7-10(12)6-8;1-6-5-7(2)9(4)8(6)3;2*1-2;;;;/h5-7,12H,1-4H3;6H,1-4H3;2*2H,1H3;2*1H3;1H2;/q;;;;;;;+1/p-1. The van der Waals surface area contributed by atoms with Gasteiger partial charge < -0.3 is 10.2 Å². The molecule has 0 saturated carbocycles. The second-order valence-corrected chi connectivity index (χ2v) is 27.6. The van der Waals surface area contributed by atoms with E-state index in [4.69, 9.17) is 13.5 Å². The van der Waals surface area contributed by atoms with E-state index in [1.807, 2.05) is 0 Å². The maximum atomic E-state index is 7.00. The first kappa shape index (κ1) is 28.4. The van der Waals surface area contributed by atoms with E-state index in [9.17, 15) is 0 Å². The van der Waals surface area contributed by atoms with Crippen molar-refractivity contribution in [2.45, 2.75) is 71.3 Å². The second-order valence-electron chi connectivity index (χ2n) is 9.99. The molecule has 0 heterocycles. The summed E-state index contributed by atoms with van der Waals surface area (Å²) in [6.07, 6.45) is 0. The van der Waals surface area contributed by atoms with Crippen LogP contribution < -0.4 is 3.32 Å². The van der Waals surface area contributed by atoms with Crippen LogP contribution in [0.4, 0.5) is 0 Å². The molecule has 0 aromatic heterocycles. The summed E-state index contributed by atoms with van der Waals surface area (Å²) in [7, 11) is 4.15. The predicted octanol–water partition coefficient (Wildman–Crippen LogP) is 5.40. The number of aliphatic hydroxyl groups is 2. The minimum absolute atomic E-state index is 0.134. The number of benzene rings is 1. The Hall–Kier alpha value is -0.649. The smallest absolute Gasteiger partial charge is 0.0319 e. The van der Waals surface area contributed by atoms with Gasteiger partial charge in [0.1, 0.15) is 0 Å². The second kappa shape index (κ2) is 10.1. The van der Waals surface area contributed by atoms with Gasteiger partial charge in [0.05, 0.1) is 0 Å². The van der Waals surface area contributed by atoms with E-state index in [-0.39, 0.29) is 5.41 Å². The van der Waals surface area contributed by atoms with Crippen LogP contribution in [0.25, 0.3) is 0 Å². The van der Waals surface area contributed by atoms with Crippen LogP contribution in [-0.4, -0.2) is 32.1 Å². The first-order chi connectivity index (χ1) is 13.1. The van der Waals surface area contributed by atoms with Crippen LogP contribution in [-0.2, 0) is 19.8 Å². The Bertz CT molecular complexity index is 851. The fourth-order valence-corrected chi connectivity index (χ4v) is 13.4. The average molecular weight is 457 g/mol. The molecule has 0 fully saturated rings. The first-order valence-corrected chi connectivity index (χ1v) is 18.9. The zero-order chi connectivity index (χ0) is 23.4. The van der Waals surface area contributed by atoms with Crippen LogP contribution in [0.1, 0.15) is 59.6 Å². The molecule has 0 amide bonds. The predicted molar refractivity (Wildman–Crippen MR) is 127 cm³/mol. The summed E-state index contributed by atoms with van der Waals surface area (Å²) in [6, 6.07) is 6.76. The molecule has 0 radical (unpaired) electrons. The topological polar surface area (TPSA) is 49.7 Å². The maximum Gasteiger partial charge on any atom is 0.0319 e. The molecule has 1 aromatic rings. The van der Waals surface area contributed by atoms with Crippen LogP contribution >= 0.6 is 0 Å². The molecule has 166 valence electrons. The Morgan fingerprint density at radius 3 is 1.76 bits per heavy atom. The summed E-state index contributed by atoms with van der Waals surface area (Å²) in [6.45, 7) is 18.2. The normalized spacial score (nSPS) is 17.4. The van der Waals surface area contributed by atoms with Gasteiger partial charge in [0.15, 0.2) is 0 Å². The van der Waals surface area contributed by atoms with Gasteiger partial charge in [-0.25, -0.2) is 0 Å². The van der Waals surface area contributed by atoms with Gasteiger partial charge in [-0.15, -0.1) is 0 Å². The van der Waals surface area contributed by atoms with E-state index < -0.39 is 14.4 Å². The van der Waals surface area contributed by atoms with E-state index in [0.29, 0.717) is 5.92 Å². The summed E-state index contributed by atoms with van der Waals surface area (Å²) >= 11 is -3.25. The molecule has 0 spiro atoms. The van der Waals surface area contributed by atoms with Crippen LogP contribution in [0.2, 0.25) is 10.5 Å². The molecule has 1 unspecified atom stereocenters. The van der Waals surface area contributed by atoms with Crippen LogP contribution in [0.5, 0.6) is 5.75 Å². The molecule has 1 aromatic carbocycles. The number of rotatable bonds is 3. The van der Waals surface area contributed by atoms with Crippen molar-refractivity contribution in [2.24, 2.45) is 5.92 Å². The molecule has 1 atom stereocenters. The molecular weight excluding hydrogens is 412 g/mol. The molecule has 29 heavy (non-hydrogen) atoms. The SMILES string of the molecule is CC1=C(C)C(C)[C]([Ti]([CH3])([CH3])(=[SiH2])[O]c2cc(C)cc(C(C)(C)C)c2)=C1C.CO.CO. The van der Waals surface area contributed by atoms with Crippen molar-refractivity contribution in [3.8, 4) is 5.75 Å². The van der Waals surface area contributed by atoms with Crippen molar-refractivity contribution in [2.75, 3.05) is 14.2 Å². The van der Waals surface area contributed by atoms with Crippen LogP contribution in [0.3, 0.4) is 0 Å². The van der Waals surface area contributed by atoms with Crippen molar-refractivity contribution in [3.05, 3.63) is 49.9 Å². The number of allylic oxidation sites excluding steroid dienone is 4. The van der Waals surface area contributed by atoms with Gasteiger partial charge in [-0.1, -0.05) is 0 Å². The van der Waals surface area contributed by atoms with E-state index in [2.05, 4.69) is 91.7 Å². The van der Waals surface area contributed by atoms with Gasteiger partial charge >= 0.3 is 158 Å². The van der Waals surface area contributed by atoms with Crippen LogP contribution in [0.15, 0.2) is 38.8 Å². The van der Waals surface area contributed by atoms with Gasteiger partial charge in [0.25, 0.3) is 0 Å². The fourth-order valence-electron chi connectivity index (χ4n) is 4.30. The molecule has 2 rings (SSSR count). The minimum Gasteiger partial charge on any atom is -0.400 e. The Kier molecular flexibility index (Phi) is 9.88. The summed E-state index contributed by atoms with van der Waals surface area (Å²) in [4.78, 5) is 0. The zero-order valence-electron chi connectivity index (χ0n) is 20.8. The van der Waals surface area contributed by atoms with Crippen molar-refractivity contribution in [3.63, 3.8) is 0 Å². The molecule has 5 heteroatoms. The number of hydrogen-bond acceptors (Lipinski definition) is 3. The third kappa shape index (κ3) is 6.67.